The Kier molecular flexibility index (Phi) is 4.26. The molecule has 8 nitrogen and oxygen atoms in total. The van der Waals surface area contributed by atoms with Gasteiger partial charge in [0, 0.05) is 32.8 Å². The van der Waals surface area contributed by atoms with E-state index in [2.05, 4.69) is 10.2 Å². The number of anilines is 2. The first-order chi connectivity index (χ1) is 9.63. The third kappa shape index (κ3) is 2.91. The van der Waals surface area contributed by atoms with Crippen molar-refractivity contribution in [3.63, 3.8) is 0 Å². The Morgan fingerprint density at radius 1 is 1.50 bits per heavy atom. The van der Waals surface area contributed by atoms with Crippen molar-refractivity contribution in [1.82, 2.24) is 14.8 Å². The van der Waals surface area contributed by atoms with Crippen LogP contribution in [0.15, 0.2) is 30.6 Å². The fraction of sp³-hybridized carbons (Fsp3) is 0.333. The smallest absolute Gasteiger partial charge is 0.271 e. The van der Waals surface area contributed by atoms with E-state index in [1.54, 1.807) is 30.1 Å². The van der Waals surface area contributed by atoms with Crippen LogP contribution in [0.3, 0.4) is 0 Å². The molecule has 0 saturated carbocycles. The van der Waals surface area contributed by atoms with Gasteiger partial charge >= 0.3 is 0 Å². The van der Waals surface area contributed by atoms with Crippen LogP contribution in [0.1, 0.15) is 0 Å². The highest BCUT2D eigenvalue weighted by atomic mass is 16.6. The number of nitrogens with zero attached hydrogens (tertiary/aromatic N) is 5. The van der Waals surface area contributed by atoms with E-state index in [0.717, 1.165) is 0 Å². The van der Waals surface area contributed by atoms with Gasteiger partial charge in [-0.15, -0.1) is 10.2 Å². The van der Waals surface area contributed by atoms with Crippen LogP contribution < -0.4 is 4.90 Å². The predicted octanol–water partition coefficient (Wildman–Crippen LogP) is 1.51. The lowest BCUT2D eigenvalue weighted by atomic mass is 10.2. The van der Waals surface area contributed by atoms with Crippen LogP contribution in [0.2, 0.25) is 0 Å². The molecule has 0 bridgehead atoms. The minimum atomic E-state index is -0.422. The van der Waals surface area contributed by atoms with Gasteiger partial charge in [-0.1, -0.05) is 6.07 Å². The van der Waals surface area contributed by atoms with Gasteiger partial charge in [0.15, 0.2) is 0 Å². The van der Waals surface area contributed by atoms with E-state index in [0.29, 0.717) is 24.8 Å². The number of aryl methyl sites for hydroxylation is 1. The molecular formula is C12H15N5O3. The molecule has 0 saturated heterocycles. The second-order valence-corrected chi connectivity index (χ2v) is 4.16. The van der Waals surface area contributed by atoms with Gasteiger partial charge in [0.05, 0.1) is 17.2 Å². The number of nitro groups is 1. The van der Waals surface area contributed by atoms with E-state index in [1.165, 1.54) is 12.1 Å². The largest absolute Gasteiger partial charge is 0.383 e. The van der Waals surface area contributed by atoms with Gasteiger partial charge in [-0.05, 0) is 6.07 Å². The van der Waals surface area contributed by atoms with Crippen molar-refractivity contribution in [3.05, 3.63) is 40.7 Å². The molecule has 8 heteroatoms. The number of aromatic nitrogens is 3. The lowest BCUT2D eigenvalue weighted by molar-refractivity contribution is -0.384. The standard InChI is InChI=1S/C12H15N5O3/c1-15-9-13-14-12(15)16(6-7-20-2)10-4-3-5-11(8-10)17(18)19/h3-5,8-9H,6-7H2,1-2H3. The van der Waals surface area contributed by atoms with Crippen molar-refractivity contribution < 1.29 is 9.66 Å². The number of nitro benzene ring substituents is 1. The third-order valence-corrected chi connectivity index (χ3v) is 2.80. The zero-order valence-electron chi connectivity index (χ0n) is 11.3. The first kappa shape index (κ1) is 13.9. The van der Waals surface area contributed by atoms with Gasteiger partial charge in [-0.2, -0.15) is 0 Å². The number of rotatable bonds is 6. The van der Waals surface area contributed by atoms with Gasteiger partial charge in [-0.3, -0.25) is 10.1 Å². The van der Waals surface area contributed by atoms with E-state index >= 15 is 0 Å². The minimum Gasteiger partial charge on any atom is -0.383 e. The molecule has 0 aliphatic carbocycles. The summed E-state index contributed by atoms with van der Waals surface area (Å²) in [7, 11) is 3.41. The van der Waals surface area contributed by atoms with Crippen molar-refractivity contribution in [2.75, 3.05) is 25.2 Å². The molecule has 20 heavy (non-hydrogen) atoms. The molecule has 0 fully saturated rings. The second kappa shape index (κ2) is 6.11. The number of hydrogen-bond donors (Lipinski definition) is 0. The number of benzene rings is 1. The maximum absolute atomic E-state index is 10.9. The second-order valence-electron chi connectivity index (χ2n) is 4.16. The lowest BCUT2D eigenvalue weighted by Gasteiger charge is -2.22. The van der Waals surface area contributed by atoms with Crippen LogP contribution in [0.4, 0.5) is 17.3 Å². The topological polar surface area (TPSA) is 86.3 Å². The maximum atomic E-state index is 10.9. The van der Waals surface area contributed by atoms with Crippen LogP contribution >= 0.6 is 0 Å². The Bertz CT molecular complexity index is 598. The predicted molar refractivity (Wildman–Crippen MR) is 73.0 cm³/mol. The summed E-state index contributed by atoms with van der Waals surface area (Å²) < 4.78 is 6.82. The highest BCUT2D eigenvalue weighted by molar-refractivity contribution is 5.60. The van der Waals surface area contributed by atoms with Crippen LogP contribution in [0, 0.1) is 10.1 Å². The zero-order chi connectivity index (χ0) is 14.5. The molecule has 0 N–H and O–H groups in total. The van der Waals surface area contributed by atoms with Gasteiger partial charge in [0.25, 0.3) is 5.69 Å². The highest BCUT2D eigenvalue weighted by Crippen LogP contribution is 2.26. The SMILES string of the molecule is COCCN(c1cccc([N+](=O)[O-])c1)c1nncn1C. The quantitative estimate of drug-likeness (QED) is 0.587. The molecule has 2 rings (SSSR count). The monoisotopic (exact) mass is 277 g/mol. The summed E-state index contributed by atoms with van der Waals surface area (Å²) >= 11 is 0. The fourth-order valence-corrected chi connectivity index (χ4v) is 1.82. The first-order valence-corrected chi connectivity index (χ1v) is 5.98. The summed E-state index contributed by atoms with van der Waals surface area (Å²) in [5, 5.41) is 18.7. The van der Waals surface area contributed by atoms with Crippen molar-refractivity contribution in [3.8, 4) is 0 Å². The minimum absolute atomic E-state index is 0.0343. The third-order valence-electron chi connectivity index (χ3n) is 2.80. The molecular weight excluding hydrogens is 262 g/mol. The lowest BCUT2D eigenvalue weighted by Crippen LogP contribution is -2.24. The Hall–Kier alpha value is -2.48. The van der Waals surface area contributed by atoms with E-state index in [4.69, 9.17) is 4.74 Å². The molecule has 0 aliphatic rings. The van der Waals surface area contributed by atoms with Crippen molar-refractivity contribution in [2.45, 2.75) is 0 Å². The number of ether oxygens (including phenoxy) is 1. The molecule has 1 heterocycles. The van der Waals surface area contributed by atoms with Crippen molar-refractivity contribution in [1.29, 1.82) is 0 Å². The molecule has 0 unspecified atom stereocenters. The number of non-ortho nitro benzene ring substituents is 1. The van der Waals surface area contributed by atoms with Crippen molar-refractivity contribution >= 4 is 17.3 Å². The summed E-state index contributed by atoms with van der Waals surface area (Å²) in [6.07, 6.45) is 1.58. The molecule has 0 aliphatic heterocycles. The van der Waals surface area contributed by atoms with Gasteiger partial charge in [-0.25, -0.2) is 0 Å². The van der Waals surface area contributed by atoms with Gasteiger partial charge in [0.1, 0.15) is 6.33 Å². The zero-order valence-corrected chi connectivity index (χ0v) is 11.3. The molecule has 0 radical (unpaired) electrons. The molecule has 1 aromatic heterocycles. The van der Waals surface area contributed by atoms with E-state index in [9.17, 15) is 10.1 Å². The fourth-order valence-electron chi connectivity index (χ4n) is 1.82. The Balaban J connectivity index is 2.38. The van der Waals surface area contributed by atoms with E-state index in [1.807, 2.05) is 11.9 Å². The normalized spacial score (nSPS) is 10.5. The van der Waals surface area contributed by atoms with Gasteiger partial charge < -0.3 is 14.2 Å². The van der Waals surface area contributed by atoms with E-state index < -0.39 is 4.92 Å². The highest BCUT2D eigenvalue weighted by Gasteiger charge is 2.16. The molecule has 0 atom stereocenters. The average molecular weight is 277 g/mol. The number of hydrogen-bond acceptors (Lipinski definition) is 6. The molecule has 1 aromatic carbocycles. The molecule has 0 spiro atoms. The van der Waals surface area contributed by atoms with Crippen LogP contribution in [-0.4, -0.2) is 39.9 Å². The summed E-state index contributed by atoms with van der Waals surface area (Å²) in [6, 6.07) is 6.39. The summed E-state index contributed by atoms with van der Waals surface area (Å²) in [6.45, 7) is 0.986. The molecule has 0 amide bonds. The van der Waals surface area contributed by atoms with Gasteiger partial charge in [0.2, 0.25) is 5.95 Å². The first-order valence-electron chi connectivity index (χ1n) is 5.98. The van der Waals surface area contributed by atoms with Crippen LogP contribution in [0.25, 0.3) is 0 Å². The average Bonchev–Trinajstić information content (AvgIpc) is 2.86. The Morgan fingerprint density at radius 2 is 2.30 bits per heavy atom. The maximum Gasteiger partial charge on any atom is 0.271 e. The van der Waals surface area contributed by atoms with Crippen LogP contribution in [-0.2, 0) is 11.8 Å². The van der Waals surface area contributed by atoms with Crippen LogP contribution in [0.5, 0.6) is 0 Å². The summed E-state index contributed by atoms with van der Waals surface area (Å²) in [5.41, 5.74) is 0.708. The van der Waals surface area contributed by atoms with Crippen molar-refractivity contribution in [2.24, 2.45) is 7.05 Å². The summed E-state index contributed by atoms with van der Waals surface area (Å²) in [4.78, 5) is 12.3. The Labute approximate surface area is 115 Å². The molecule has 2 aromatic rings. The number of methoxy groups -OCH3 is 1. The Morgan fingerprint density at radius 3 is 2.90 bits per heavy atom. The molecule has 106 valence electrons. The summed E-state index contributed by atoms with van der Waals surface area (Å²) in [5.74, 6) is 0.600. The van der Waals surface area contributed by atoms with E-state index in [-0.39, 0.29) is 5.69 Å².